The Kier molecular flexibility index (Phi) is 10.1. The molecule has 3 rings (SSSR count). The third-order valence-corrected chi connectivity index (χ3v) is 6.89. The number of H-pyrrole nitrogens is 1. The Hall–Kier alpha value is -3.10. The Morgan fingerprint density at radius 1 is 1.03 bits per heavy atom. The first-order valence-corrected chi connectivity index (χ1v) is 12.9. The molecule has 0 aliphatic rings. The third-order valence-electron chi connectivity index (χ3n) is 6.51. The highest BCUT2D eigenvalue weighted by Gasteiger charge is 2.17. The van der Waals surface area contributed by atoms with E-state index in [1.165, 1.54) is 0 Å². The van der Waals surface area contributed by atoms with Crippen molar-refractivity contribution < 1.29 is 9.47 Å². The van der Waals surface area contributed by atoms with Gasteiger partial charge in [-0.3, -0.25) is 4.79 Å². The van der Waals surface area contributed by atoms with E-state index in [-0.39, 0.29) is 11.6 Å². The van der Waals surface area contributed by atoms with Gasteiger partial charge in [0.25, 0.3) is 5.56 Å². The fraction of sp³-hybridized carbons (Fsp3) is 0.429. The highest BCUT2D eigenvalue weighted by Crippen LogP contribution is 2.31. The van der Waals surface area contributed by atoms with Gasteiger partial charge in [0, 0.05) is 23.6 Å². The number of nitrogens with one attached hydrogen (secondary N) is 2. The van der Waals surface area contributed by atoms with Crippen molar-refractivity contribution in [2.24, 2.45) is 0 Å². The molecule has 3 aromatic rings. The van der Waals surface area contributed by atoms with Crippen LogP contribution in [0.2, 0.25) is 0 Å². The van der Waals surface area contributed by atoms with E-state index in [2.05, 4.69) is 53.0 Å². The zero-order valence-corrected chi connectivity index (χ0v) is 22.8. The number of benzene rings is 2. The maximum Gasteiger partial charge on any atom is 0.253 e. The molecule has 0 saturated carbocycles. The zero-order chi connectivity index (χ0) is 26.1. The molecule has 7 nitrogen and oxygen atoms in total. The van der Waals surface area contributed by atoms with Gasteiger partial charge < -0.3 is 29.6 Å². The number of rotatable bonds is 12. The van der Waals surface area contributed by atoms with E-state index in [9.17, 15) is 4.79 Å². The molecule has 36 heavy (non-hydrogen) atoms. The van der Waals surface area contributed by atoms with Crippen LogP contribution >= 0.6 is 12.2 Å². The van der Waals surface area contributed by atoms with E-state index >= 15 is 0 Å². The van der Waals surface area contributed by atoms with Gasteiger partial charge in [0.15, 0.2) is 16.6 Å². The quantitative estimate of drug-likeness (QED) is 0.342. The Labute approximate surface area is 219 Å². The lowest BCUT2D eigenvalue weighted by molar-refractivity contribution is 0.279. The normalized spacial score (nSPS) is 11.9. The highest BCUT2D eigenvalue weighted by molar-refractivity contribution is 7.80. The summed E-state index contributed by atoms with van der Waals surface area (Å²) in [5.74, 6) is 1.19. The molecular formula is C28H38N4O3S. The van der Waals surface area contributed by atoms with E-state index in [1.807, 2.05) is 30.3 Å². The first-order chi connectivity index (χ1) is 17.4. The van der Waals surface area contributed by atoms with Gasteiger partial charge in [-0.05, 0) is 62.9 Å². The van der Waals surface area contributed by atoms with Crippen molar-refractivity contribution in [2.75, 3.05) is 40.4 Å². The van der Waals surface area contributed by atoms with Gasteiger partial charge in [-0.25, -0.2) is 0 Å². The molecule has 0 unspecified atom stereocenters. The van der Waals surface area contributed by atoms with Crippen LogP contribution in [0.1, 0.15) is 44.4 Å². The number of fused-ring (bicyclic) bond motifs is 1. The summed E-state index contributed by atoms with van der Waals surface area (Å²) < 4.78 is 10.8. The molecule has 1 atom stereocenters. The second-order valence-corrected chi connectivity index (χ2v) is 9.19. The monoisotopic (exact) mass is 510 g/mol. The molecule has 194 valence electrons. The van der Waals surface area contributed by atoms with Gasteiger partial charge >= 0.3 is 0 Å². The van der Waals surface area contributed by atoms with Crippen LogP contribution in [0.15, 0.2) is 53.3 Å². The van der Waals surface area contributed by atoms with Gasteiger partial charge in [-0.15, -0.1) is 0 Å². The fourth-order valence-corrected chi connectivity index (χ4v) is 4.61. The number of hydrogen-bond acceptors (Lipinski definition) is 5. The van der Waals surface area contributed by atoms with E-state index < -0.39 is 0 Å². The van der Waals surface area contributed by atoms with Crippen molar-refractivity contribution in [1.29, 1.82) is 0 Å². The van der Waals surface area contributed by atoms with Crippen molar-refractivity contribution >= 4 is 28.2 Å². The minimum Gasteiger partial charge on any atom is -0.493 e. The summed E-state index contributed by atoms with van der Waals surface area (Å²) in [4.78, 5) is 20.5. The lowest BCUT2D eigenvalue weighted by atomic mass is 10.1. The molecule has 1 heterocycles. The number of pyridine rings is 1. The van der Waals surface area contributed by atoms with Crippen molar-refractivity contribution in [3.8, 4) is 11.5 Å². The summed E-state index contributed by atoms with van der Waals surface area (Å²) >= 11 is 5.85. The molecule has 0 aliphatic heterocycles. The second kappa shape index (κ2) is 13.3. The highest BCUT2D eigenvalue weighted by atomic mass is 32.1. The van der Waals surface area contributed by atoms with Crippen LogP contribution in [0.25, 0.3) is 10.9 Å². The van der Waals surface area contributed by atoms with Gasteiger partial charge in [-0.2, -0.15) is 0 Å². The smallest absolute Gasteiger partial charge is 0.253 e. The lowest BCUT2D eigenvalue weighted by Crippen LogP contribution is -2.42. The van der Waals surface area contributed by atoms with Crippen LogP contribution in [0.5, 0.6) is 11.5 Å². The standard InChI is InChI=1S/C28H38N4O3S/c1-6-31(7-2)14-11-15-32(28(36)29-20(3)21-12-9-8-10-13-21)19-23-16-22-17-25(34-4)26(35-5)18-24(22)30-27(23)33/h8-10,12-13,16-18,20H,6-7,11,14-15,19H2,1-5H3,(H,29,36)(H,30,33)/t20-/m0/s1. The fourth-order valence-electron chi connectivity index (χ4n) is 4.28. The summed E-state index contributed by atoms with van der Waals surface area (Å²) in [6.07, 6.45) is 0.944. The molecule has 2 N–H and O–H groups in total. The first kappa shape index (κ1) is 27.5. The molecule has 0 aliphatic carbocycles. The first-order valence-electron chi connectivity index (χ1n) is 12.5. The van der Waals surface area contributed by atoms with Crippen molar-refractivity contribution in [3.05, 3.63) is 70.0 Å². The second-order valence-electron chi connectivity index (χ2n) is 8.80. The van der Waals surface area contributed by atoms with Crippen LogP contribution in [-0.2, 0) is 6.54 Å². The molecule has 8 heteroatoms. The number of hydrogen-bond donors (Lipinski definition) is 2. The Morgan fingerprint density at radius 3 is 2.33 bits per heavy atom. The zero-order valence-electron chi connectivity index (χ0n) is 22.0. The number of methoxy groups -OCH3 is 2. The minimum absolute atomic E-state index is 0.0515. The molecule has 0 saturated heterocycles. The Balaban J connectivity index is 1.85. The maximum atomic E-state index is 13.0. The lowest BCUT2D eigenvalue weighted by Gasteiger charge is -2.29. The number of ether oxygens (including phenoxy) is 2. The summed E-state index contributed by atoms with van der Waals surface area (Å²) in [6.45, 7) is 10.6. The van der Waals surface area contributed by atoms with Crippen LogP contribution in [0.3, 0.4) is 0 Å². The molecule has 0 fully saturated rings. The molecule has 2 aromatic carbocycles. The van der Waals surface area contributed by atoms with Crippen LogP contribution in [0.4, 0.5) is 0 Å². The third kappa shape index (κ3) is 6.98. The summed E-state index contributed by atoms with van der Waals surface area (Å²) in [5.41, 5.74) is 2.37. The summed E-state index contributed by atoms with van der Waals surface area (Å²) in [5, 5.41) is 4.98. The largest absolute Gasteiger partial charge is 0.493 e. The molecule has 0 amide bonds. The molecule has 0 bridgehead atoms. The predicted molar refractivity (Wildman–Crippen MR) is 151 cm³/mol. The number of nitrogens with zero attached hydrogens (tertiary/aromatic N) is 2. The summed E-state index contributed by atoms with van der Waals surface area (Å²) in [7, 11) is 3.18. The SMILES string of the molecule is CCN(CC)CCCN(Cc1cc2cc(OC)c(OC)cc2[nH]c1=O)C(=S)N[C@@H](C)c1ccccc1. The van der Waals surface area contributed by atoms with Crippen LogP contribution in [-0.4, -0.2) is 60.3 Å². The molecule has 0 spiro atoms. The van der Waals surface area contributed by atoms with Crippen LogP contribution < -0.4 is 20.3 Å². The molecular weight excluding hydrogens is 472 g/mol. The minimum atomic E-state index is -0.137. The van der Waals surface area contributed by atoms with E-state index in [0.29, 0.717) is 34.2 Å². The number of thiocarbonyl (C=S) groups is 1. The van der Waals surface area contributed by atoms with Crippen molar-refractivity contribution in [3.63, 3.8) is 0 Å². The van der Waals surface area contributed by atoms with Gasteiger partial charge in [0.1, 0.15) is 0 Å². The average molecular weight is 511 g/mol. The summed E-state index contributed by atoms with van der Waals surface area (Å²) in [6, 6.07) is 15.9. The predicted octanol–water partition coefficient (Wildman–Crippen LogP) is 4.71. The topological polar surface area (TPSA) is 69.8 Å². The van der Waals surface area contributed by atoms with E-state index in [4.69, 9.17) is 21.7 Å². The Bertz CT molecular complexity index is 1190. The van der Waals surface area contributed by atoms with Crippen molar-refractivity contribution in [1.82, 2.24) is 20.1 Å². The van der Waals surface area contributed by atoms with Gasteiger partial charge in [-0.1, -0.05) is 44.2 Å². The Morgan fingerprint density at radius 2 is 1.69 bits per heavy atom. The molecule has 0 radical (unpaired) electrons. The number of aromatic nitrogens is 1. The van der Waals surface area contributed by atoms with Crippen molar-refractivity contribution in [2.45, 2.75) is 39.8 Å². The number of aromatic amines is 1. The van der Waals surface area contributed by atoms with Gasteiger partial charge in [0.2, 0.25) is 0 Å². The molecule has 1 aromatic heterocycles. The van der Waals surface area contributed by atoms with E-state index in [0.717, 1.165) is 43.5 Å². The van der Waals surface area contributed by atoms with Gasteiger partial charge in [0.05, 0.1) is 32.3 Å². The average Bonchev–Trinajstić information content (AvgIpc) is 2.90. The maximum absolute atomic E-state index is 13.0. The van der Waals surface area contributed by atoms with Crippen LogP contribution in [0, 0.1) is 0 Å². The van der Waals surface area contributed by atoms with E-state index in [1.54, 1.807) is 20.3 Å².